The number of para-hydroxylation sites is 1. The molecule has 3 rings (SSSR count). The van der Waals surface area contributed by atoms with E-state index in [2.05, 4.69) is 22.2 Å². The maximum Gasteiger partial charge on any atom is 0.259 e. The summed E-state index contributed by atoms with van der Waals surface area (Å²) < 4.78 is 5.75. The van der Waals surface area contributed by atoms with Crippen molar-refractivity contribution in [3.05, 3.63) is 52.2 Å². The highest BCUT2D eigenvalue weighted by molar-refractivity contribution is 7.10. The zero-order valence-corrected chi connectivity index (χ0v) is 17.8. The number of ether oxygens (including phenoxy) is 1. The van der Waals surface area contributed by atoms with Crippen LogP contribution in [0.15, 0.2) is 41.8 Å². The molecule has 8 heteroatoms. The van der Waals surface area contributed by atoms with Crippen molar-refractivity contribution in [1.29, 1.82) is 0 Å². The van der Waals surface area contributed by atoms with Gasteiger partial charge in [-0.25, -0.2) is 10.9 Å². The number of hydrogen-bond donors (Lipinski definition) is 3. The zero-order chi connectivity index (χ0) is 20.8. The van der Waals surface area contributed by atoms with E-state index in [1.54, 1.807) is 25.4 Å². The van der Waals surface area contributed by atoms with Gasteiger partial charge in [-0.15, -0.1) is 11.3 Å². The molecule has 3 unspecified atom stereocenters. The normalized spacial score (nSPS) is 19.6. The first kappa shape index (κ1) is 21.3. The molecule has 1 aliphatic rings. The van der Waals surface area contributed by atoms with E-state index in [1.807, 2.05) is 42.6 Å². The SMILES string of the molecule is CCC(NC(=O)C1CC(c2cccs2)NN1)c1ccccc1OCC(=O)N(C)C. The fourth-order valence-electron chi connectivity index (χ4n) is 3.24. The van der Waals surface area contributed by atoms with E-state index < -0.39 is 0 Å². The van der Waals surface area contributed by atoms with Crippen LogP contribution in [0.25, 0.3) is 0 Å². The van der Waals surface area contributed by atoms with Crippen molar-refractivity contribution in [3.8, 4) is 5.75 Å². The van der Waals surface area contributed by atoms with Gasteiger partial charge in [-0.2, -0.15) is 0 Å². The van der Waals surface area contributed by atoms with E-state index >= 15 is 0 Å². The Morgan fingerprint density at radius 1 is 1.24 bits per heavy atom. The highest BCUT2D eigenvalue weighted by atomic mass is 32.1. The molecular formula is C21H28N4O3S. The molecule has 0 radical (unpaired) electrons. The molecule has 1 aliphatic heterocycles. The predicted octanol–water partition coefficient (Wildman–Crippen LogP) is 2.39. The van der Waals surface area contributed by atoms with Crippen molar-refractivity contribution in [2.45, 2.75) is 37.9 Å². The minimum atomic E-state index is -0.306. The Kier molecular flexibility index (Phi) is 7.24. The van der Waals surface area contributed by atoms with E-state index in [1.165, 1.54) is 9.78 Å². The van der Waals surface area contributed by atoms with E-state index in [-0.39, 0.29) is 36.5 Å². The van der Waals surface area contributed by atoms with Crippen LogP contribution in [0, 0.1) is 0 Å². The molecule has 0 aliphatic carbocycles. The van der Waals surface area contributed by atoms with Gasteiger partial charge in [-0.05, 0) is 30.4 Å². The second-order valence-electron chi connectivity index (χ2n) is 7.23. The highest BCUT2D eigenvalue weighted by Gasteiger charge is 2.32. The Hall–Kier alpha value is -2.42. The monoisotopic (exact) mass is 416 g/mol. The average molecular weight is 417 g/mol. The third-order valence-electron chi connectivity index (χ3n) is 4.98. The van der Waals surface area contributed by atoms with Crippen molar-refractivity contribution in [3.63, 3.8) is 0 Å². The van der Waals surface area contributed by atoms with Crippen molar-refractivity contribution >= 4 is 23.2 Å². The molecular weight excluding hydrogens is 388 g/mol. The second kappa shape index (κ2) is 9.87. The fraction of sp³-hybridized carbons (Fsp3) is 0.429. The molecule has 29 heavy (non-hydrogen) atoms. The van der Waals surface area contributed by atoms with Crippen LogP contribution in [-0.2, 0) is 9.59 Å². The Morgan fingerprint density at radius 3 is 2.72 bits per heavy atom. The van der Waals surface area contributed by atoms with Crippen LogP contribution in [-0.4, -0.2) is 43.5 Å². The number of likely N-dealkylation sites (N-methyl/N-ethyl adjacent to an activating group) is 1. The Labute approximate surface area is 175 Å². The maximum atomic E-state index is 12.9. The first-order chi connectivity index (χ1) is 14.0. The summed E-state index contributed by atoms with van der Waals surface area (Å²) in [6.07, 6.45) is 1.40. The molecule has 1 aromatic heterocycles. The van der Waals surface area contributed by atoms with Crippen molar-refractivity contribution in [2.75, 3.05) is 20.7 Å². The first-order valence-electron chi connectivity index (χ1n) is 9.76. The number of carbonyl (C=O) groups is 2. The van der Waals surface area contributed by atoms with Crippen LogP contribution in [0.2, 0.25) is 0 Å². The fourth-order valence-corrected chi connectivity index (χ4v) is 4.04. The highest BCUT2D eigenvalue weighted by Crippen LogP contribution is 2.29. The van der Waals surface area contributed by atoms with Gasteiger partial charge in [0.1, 0.15) is 11.8 Å². The lowest BCUT2D eigenvalue weighted by Crippen LogP contribution is -2.44. The second-order valence-corrected chi connectivity index (χ2v) is 8.21. The van der Waals surface area contributed by atoms with Crippen LogP contribution in [0.4, 0.5) is 0 Å². The summed E-state index contributed by atoms with van der Waals surface area (Å²) >= 11 is 1.68. The summed E-state index contributed by atoms with van der Waals surface area (Å²) in [7, 11) is 3.39. The Balaban J connectivity index is 1.64. The van der Waals surface area contributed by atoms with Gasteiger partial charge in [0.2, 0.25) is 5.91 Å². The van der Waals surface area contributed by atoms with Gasteiger partial charge in [0.25, 0.3) is 5.91 Å². The number of nitrogens with one attached hydrogen (secondary N) is 3. The quantitative estimate of drug-likeness (QED) is 0.616. The third-order valence-corrected chi connectivity index (χ3v) is 5.96. The molecule has 0 bridgehead atoms. The molecule has 0 saturated carbocycles. The van der Waals surface area contributed by atoms with Crippen molar-refractivity contribution in [1.82, 2.24) is 21.1 Å². The zero-order valence-electron chi connectivity index (χ0n) is 17.0. The van der Waals surface area contributed by atoms with Gasteiger partial charge in [0.05, 0.1) is 12.1 Å². The van der Waals surface area contributed by atoms with Crippen LogP contribution < -0.4 is 20.9 Å². The molecule has 1 saturated heterocycles. The molecule has 7 nitrogen and oxygen atoms in total. The van der Waals surface area contributed by atoms with Gasteiger partial charge >= 0.3 is 0 Å². The van der Waals surface area contributed by atoms with Gasteiger partial charge in [-0.1, -0.05) is 31.2 Å². The maximum absolute atomic E-state index is 12.9. The number of nitrogens with zero attached hydrogens (tertiary/aromatic N) is 1. The van der Waals surface area contributed by atoms with Crippen LogP contribution in [0.3, 0.4) is 0 Å². The standard InChI is InChI=1S/C21H28N4O3S/c1-4-15(14-8-5-6-9-18(14)28-13-20(26)25(2)3)22-21(27)17-12-16(23-24-17)19-10-7-11-29-19/h5-11,15-17,23-24H,4,12-13H2,1-3H3,(H,22,27). The summed E-state index contributed by atoms with van der Waals surface area (Å²) in [4.78, 5) is 27.4. The lowest BCUT2D eigenvalue weighted by molar-refractivity contribution is -0.130. The number of rotatable bonds is 8. The summed E-state index contributed by atoms with van der Waals surface area (Å²) in [6.45, 7) is 1.98. The molecule has 156 valence electrons. The van der Waals surface area contributed by atoms with Gasteiger partial charge in [0, 0.05) is 24.5 Å². The number of thiophene rings is 1. The van der Waals surface area contributed by atoms with E-state index in [9.17, 15) is 9.59 Å². The van der Waals surface area contributed by atoms with Gasteiger partial charge in [-0.3, -0.25) is 9.59 Å². The topological polar surface area (TPSA) is 82.7 Å². The number of hydrogen-bond acceptors (Lipinski definition) is 6. The molecule has 2 amide bonds. The molecule has 2 heterocycles. The lowest BCUT2D eigenvalue weighted by atomic mass is 10.0. The smallest absolute Gasteiger partial charge is 0.259 e. The lowest BCUT2D eigenvalue weighted by Gasteiger charge is -2.22. The van der Waals surface area contributed by atoms with Gasteiger partial charge in [0.15, 0.2) is 6.61 Å². The number of hydrazine groups is 1. The first-order valence-corrected chi connectivity index (χ1v) is 10.6. The summed E-state index contributed by atoms with van der Waals surface area (Å²) in [6, 6.07) is 11.2. The summed E-state index contributed by atoms with van der Waals surface area (Å²) in [5.41, 5.74) is 7.19. The van der Waals surface area contributed by atoms with Crippen molar-refractivity contribution < 1.29 is 14.3 Å². The number of amides is 2. The van der Waals surface area contributed by atoms with Crippen LogP contribution in [0.5, 0.6) is 5.75 Å². The van der Waals surface area contributed by atoms with Gasteiger partial charge < -0.3 is 15.0 Å². The van der Waals surface area contributed by atoms with Crippen molar-refractivity contribution in [2.24, 2.45) is 0 Å². The predicted molar refractivity (Wildman–Crippen MR) is 114 cm³/mol. The van der Waals surface area contributed by atoms with Crippen LogP contribution in [0.1, 0.15) is 42.3 Å². The Morgan fingerprint density at radius 2 is 2.03 bits per heavy atom. The molecule has 3 atom stereocenters. The molecule has 1 fully saturated rings. The minimum absolute atomic E-state index is 0.0367. The average Bonchev–Trinajstić information content (AvgIpc) is 3.42. The van der Waals surface area contributed by atoms with Crippen LogP contribution >= 0.6 is 11.3 Å². The molecule has 0 spiro atoms. The summed E-state index contributed by atoms with van der Waals surface area (Å²) in [5.74, 6) is 0.448. The van der Waals surface area contributed by atoms with E-state index in [0.717, 1.165) is 5.56 Å². The number of carbonyl (C=O) groups excluding carboxylic acids is 2. The number of benzene rings is 1. The molecule has 1 aromatic carbocycles. The van der Waals surface area contributed by atoms with E-state index in [4.69, 9.17) is 4.74 Å². The Bertz CT molecular complexity index is 825. The third kappa shape index (κ3) is 5.35. The molecule has 2 aromatic rings. The molecule has 3 N–H and O–H groups in total. The summed E-state index contributed by atoms with van der Waals surface area (Å²) in [5, 5.41) is 5.17. The largest absolute Gasteiger partial charge is 0.483 e. The van der Waals surface area contributed by atoms with E-state index in [0.29, 0.717) is 18.6 Å². The minimum Gasteiger partial charge on any atom is -0.483 e.